The van der Waals surface area contributed by atoms with Crippen LogP contribution in [-0.4, -0.2) is 37.4 Å². The molecule has 0 saturated heterocycles. The van der Waals surface area contributed by atoms with Crippen LogP contribution in [0.3, 0.4) is 0 Å². The van der Waals surface area contributed by atoms with Gasteiger partial charge in [0.1, 0.15) is 5.82 Å². The fraction of sp³-hybridized carbons (Fsp3) is 0.333. The van der Waals surface area contributed by atoms with Gasteiger partial charge in [-0.05, 0) is 19.1 Å². The number of carboxylic acids is 1. The highest BCUT2D eigenvalue weighted by Gasteiger charge is 2.03. The van der Waals surface area contributed by atoms with Gasteiger partial charge in [0.2, 0.25) is 0 Å². The molecule has 2 aromatic rings. The van der Waals surface area contributed by atoms with Gasteiger partial charge in [-0.25, -0.2) is 0 Å². The summed E-state index contributed by atoms with van der Waals surface area (Å²) in [5.74, 6) is 0.461. The monoisotopic (exact) mass is 221 g/mol. The Morgan fingerprint density at radius 3 is 3.06 bits per heavy atom. The lowest BCUT2D eigenvalue weighted by Gasteiger charge is -2.03. The normalized spacial score (nSPS) is 10.6. The number of carbonyl (C=O) groups is 1. The molecule has 2 rings (SSSR count). The third-order valence-electron chi connectivity index (χ3n) is 2.06. The molecule has 84 valence electrons. The summed E-state index contributed by atoms with van der Waals surface area (Å²) in [6.45, 7) is 2.14. The first-order chi connectivity index (χ1) is 7.66. The summed E-state index contributed by atoms with van der Waals surface area (Å²) >= 11 is 0. The lowest BCUT2D eigenvalue weighted by molar-refractivity contribution is -0.136. The fourth-order valence-corrected chi connectivity index (χ4v) is 1.29. The fourth-order valence-electron chi connectivity index (χ4n) is 1.29. The molecule has 7 heteroatoms. The number of hydrogen-bond donors (Lipinski definition) is 2. The maximum atomic E-state index is 10.3. The van der Waals surface area contributed by atoms with E-state index in [1.54, 1.807) is 23.6 Å². The maximum Gasteiger partial charge on any atom is 0.305 e. The van der Waals surface area contributed by atoms with E-state index >= 15 is 0 Å². The minimum Gasteiger partial charge on any atom is -0.481 e. The molecule has 0 aliphatic heterocycles. The van der Waals surface area contributed by atoms with Crippen molar-refractivity contribution in [2.24, 2.45) is 0 Å². The van der Waals surface area contributed by atoms with Crippen LogP contribution in [0, 0.1) is 6.92 Å². The van der Waals surface area contributed by atoms with Crippen LogP contribution in [0.15, 0.2) is 12.1 Å². The number of nitrogens with zero attached hydrogens (tertiary/aromatic N) is 4. The standard InChI is InChI=1S/C9H11N5O2/c1-6-11-12-8-3-2-7(13-14(6)8)10-5-4-9(15)16/h2-3H,4-5H2,1H3,(H,10,13)(H,15,16). The van der Waals surface area contributed by atoms with Gasteiger partial charge in [0.15, 0.2) is 11.5 Å². The number of carboxylic acid groups (broad SMARTS) is 1. The summed E-state index contributed by atoms with van der Waals surface area (Å²) in [4.78, 5) is 10.3. The average Bonchev–Trinajstić information content (AvgIpc) is 2.60. The Kier molecular flexibility index (Phi) is 2.67. The number of aromatic nitrogens is 4. The Balaban J connectivity index is 2.12. The van der Waals surface area contributed by atoms with Crippen molar-refractivity contribution in [1.82, 2.24) is 19.8 Å². The predicted octanol–water partition coefficient (Wildman–Crippen LogP) is 0.319. The Morgan fingerprint density at radius 1 is 1.50 bits per heavy atom. The highest BCUT2D eigenvalue weighted by molar-refractivity contribution is 5.67. The highest BCUT2D eigenvalue weighted by atomic mass is 16.4. The van der Waals surface area contributed by atoms with Gasteiger partial charge < -0.3 is 10.4 Å². The Morgan fingerprint density at radius 2 is 2.31 bits per heavy atom. The summed E-state index contributed by atoms with van der Waals surface area (Å²) in [6, 6.07) is 3.52. The number of fused-ring (bicyclic) bond motifs is 1. The number of aryl methyl sites for hydroxylation is 1. The largest absolute Gasteiger partial charge is 0.481 e. The first-order valence-electron chi connectivity index (χ1n) is 4.81. The van der Waals surface area contributed by atoms with Crippen LogP contribution in [0.1, 0.15) is 12.2 Å². The van der Waals surface area contributed by atoms with E-state index in [1.165, 1.54) is 0 Å². The van der Waals surface area contributed by atoms with E-state index in [0.717, 1.165) is 0 Å². The molecular formula is C9H11N5O2. The number of hydrogen-bond acceptors (Lipinski definition) is 5. The molecule has 0 aliphatic carbocycles. The molecule has 0 atom stereocenters. The van der Waals surface area contributed by atoms with Crippen LogP contribution >= 0.6 is 0 Å². The second-order valence-corrected chi connectivity index (χ2v) is 3.31. The predicted molar refractivity (Wildman–Crippen MR) is 56.3 cm³/mol. The van der Waals surface area contributed by atoms with Gasteiger partial charge in [0, 0.05) is 6.54 Å². The molecular weight excluding hydrogens is 210 g/mol. The van der Waals surface area contributed by atoms with Crippen molar-refractivity contribution < 1.29 is 9.90 Å². The lowest BCUT2D eigenvalue weighted by Crippen LogP contribution is -2.10. The molecule has 2 N–H and O–H groups in total. The molecule has 0 saturated carbocycles. The molecule has 7 nitrogen and oxygen atoms in total. The van der Waals surface area contributed by atoms with E-state index in [1.807, 2.05) is 0 Å². The van der Waals surface area contributed by atoms with Gasteiger partial charge in [0.25, 0.3) is 0 Å². The van der Waals surface area contributed by atoms with Gasteiger partial charge in [-0.3, -0.25) is 4.79 Å². The van der Waals surface area contributed by atoms with Crippen LogP contribution in [-0.2, 0) is 4.79 Å². The van der Waals surface area contributed by atoms with E-state index in [2.05, 4.69) is 20.6 Å². The van der Waals surface area contributed by atoms with E-state index in [9.17, 15) is 4.79 Å². The third-order valence-corrected chi connectivity index (χ3v) is 2.06. The summed E-state index contributed by atoms with van der Waals surface area (Å²) in [6.07, 6.45) is 0.0564. The Hall–Kier alpha value is -2.18. The molecule has 0 fully saturated rings. The van der Waals surface area contributed by atoms with Crippen LogP contribution < -0.4 is 5.32 Å². The van der Waals surface area contributed by atoms with Crippen LogP contribution in [0.2, 0.25) is 0 Å². The molecule has 0 amide bonds. The zero-order chi connectivity index (χ0) is 11.5. The Labute approximate surface area is 91.1 Å². The van der Waals surface area contributed by atoms with Crippen molar-refractivity contribution in [3.05, 3.63) is 18.0 Å². The van der Waals surface area contributed by atoms with Gasteiger partial charge in [-0.2, -0.15) is 4.52 Å². The second kappa shape index (κ2) is 4.13. The molecule has 0 aromatic carbocycles. The second-order valence-electron chi connectivity index (χ2n) is 3.31. The van der Waals surface area contributed by atoms with Crippen LogP contribution in [0.5, 0.6) is 0 Å². The number of aliphatic carboxylic acids is 1. The summed E-state index contributed by atoms with van der Waals surface area (Å²) in [5, 5.41) is 23.4. The lowest BCUT2D eigenvalue weighted by atomic mass is 10.4. The minimum atomic E-state index is -0.839. The number of nitrogens with one attached hydrogen (secondary N) is 1. The minimum absolute atomic E-state index is 0.0564. The van der Waals surface area contributed by atoms with Crippen molar-refractivity contribution in [3.8, 4) is 0 Å². The van der Waals surface area contributed by atoms with Gasteiger partial charge in [-0.15, -0.1) is 15.3 Å². The molecule has 2 heterocycles. The zero-order valence-corrected chi connectivity index (χ0v) is 8.71. The first kappa shape index (κ1) is 10.3. The molecule has 16 heavy (non-hydrogen) atoms. The van der Waals surface area contributed by atoms with Crippen molar-refractivity contribution in [3.63, 3.8) is 0 Å². The smallest absolute Gasteiger partial charge is 0.305 e. The van der Waals surface area contributed by atoms with E-state index in [0.29, 0.717) is 23.8 Å². The molecule has 0 aliphatic rings. The summed E-state index contributed by atoms with van der Waals surface area (Å²) < 4.78 is 1.60. The van der Waals surface area contributed by atoms with Crippen LogP contribution in [0.4, 0.5) is 5.82 Å². The topological polar surface area (TPSA) is 92.4 Å². The third kappa shape index (κ3) is 2.08. The van der Waals surface area contributed by atoms with Crippen molar-refractivity contribution in [1.29, 1.82) is 0 Å². The average molecular weight is 221 g/mol. The quantitative estimate of drug-likeness (QED) is 0.772. The number of rotatable bonds is 4. The number of anilines is 1. The van der Waals surface area contributed by atoms with Crippen LogP contribution in [0.25, 0.3) is 5.65 Å². The first-order valence-corrected chi connectivity index (χ1v) is 4.81. The van der Waals surface area contributed by atoms with E-state index in [-0.39, 0.29) is 6.42 Å². The van der Waals surface area contributed by atoms with Crippen molar-refractivity contribution >= 4 is 17.4 Å². The summed E-state index contributed by atoms with van der Waals surface area (Å²) in [5.41, 5.74) is 0.668. The SMILES string of the molecule is Cc1nnc2ccc(NCCC(=O)O)nn12. The molecule has 0 spiro atoms. The maximum absolute atomic E-state index is 10.3. The van der Waals surface area contributed by atoms with Gasteiger partial charge in [-0.1, -0.05) is 0 Å². The Bertz CT molecular complexity index is 522. The molecule has 0 unspecified atom stereocenters. The van der Waals surface area contributed by atoms with Gasteiger partial charge >= 0.3 is 5.97 Å². The van der Waals surface area contributed by atoms with Crippen molar-refractivity contribution in [2.45, 2.75) is 13.3 Å². The van der Waals surface area contributed by atoms with E-state index < -0.39 is 5.97 Å². The molecule has 2 aromatic heterocycles. The van der Waals surface area contributed by atoms with Gasteiger partial charge in [0.05, 0.1) is 6.42 Å². The van der Waals surface area contributed by atoms with Crippen molar-refractivity contribution in [2.75, 3.05) is 11.9 Å². The molecule has 0 radical (unpaired) electrons. The highest BCUT2D eigenvalue weighted by Crippen LogP contribution is 2.06. The van der Waals surface area contributed by atoms with E-state index in [4.69, 9.17) is 5.11 Å². The summed E-state index contributed by atoms with van der Waals surface area (Å²) in [7, 11) is 0. The zero-order valence-electron chi connectivity index (χ0n) is 8.71. The molecule has 0 bridgehead atoms.